The van der Waals surface area contributed by atoms with Crippen molar-refractivity contribution in [3.05, 3.63) is 29.8 Å². The predicted molar refractivity (Wildman–Crippen MR) is 79.5 cm³/mol. The van der Waals surface area contributed by atoms with Crippen LogP contribution < -0.4 is 10.1 Å². The van der Waals surface area contributed by atoms with Crippen molar-refractivity contribution in [1.82, 2.24) is 5.32 Å². The summed E-state index contributed by atoms with van der Waals surface area (Å²) in [5.74, 6) is 1.52. The molecule has 4 unspecified atom stereocenters. The molecule has 5 heteroatoms. The zero-order valence-corrected chi connectivity index (χ0v) is 12.5. The lowest BCUT2D eigenvalue weighted by Crippen LogP contribution is -2.42. The third-order valence-electron chi connectivity index (χ3n) is 4.05. The Morgan fingerprint density at radius 1 is 1.40 bits per heavy atom. The largest absolute Gasteiger partial charge is 0.492 e. The fourth-order valence-corrected chi connectivity index (χ4v) is 4.67. The third kappa shape index (κ3) is 2.75. The zero-order valence-electron chi connectivity index (χ0n) is 11.7. The molecular formula is C15H21NO3S. The van der Waals surface area contributed by atoms with Crippen LogP contribution in [0.1, 0.15) is 24.4 Å². The van der Waals surface area contributed by atoms with Crippen LogP contribution in [-0.4, -0.2) is 41.6 Å². The molecule has 2 aliphatic heterocycles. The fourth-order valence-electron chi connectivity index (χ4n) is 2.99. The van der Waals surface area contributed by atoms with E-state index in [-0.39, 0.29) is 17.4 Å². The minimum atomic E-state index is -0.946. The van der Waals surface area contributed by atoms with Crippen molar-refractivity contribution in [2.45, 2.75) is 30.2 Å². The van der Waals surface area contributed by atoms with E-state index >= 15 is 0 Å². The lowest BCUT2D eigenvalue weighted by atomic mass is 10.0. The van der Waals surface area contributed by atoms with Crippen LogP contribution in [0, 0.1) is 0 Å². The van der Waals surface area contributed by atoms with Crippen molar-refractivity contribution < 1.29 is 13.7 Å². The Hall–Kier alpha value is -0.910. The monoisotopic (exact) mass is 295 g/mol. The molecule has 0 aromatic heterocycles. The molecule has 0 spiro atoms. The van der Waals surface area contributed by atoms with Gasteiger partial charge in [-0.25, -0.2) is 0 Å². The van der Waals surface area contributed by atoms with Crippen molar-refractivity contribution in [3.63, 3.8) is 0 Å². The molecule has 4 nitrogen and oxygen atoms in total. The zero-order chi connectivity index (χ0) is 13.9. The van der Waals surface area contributed by atoms with E-state index in [1.54, 1.807) is 0 Å². The predicted octanol–water partition coefficient (Wildman–Crippen LogP) is 1.64. The number of nitrogens with one attached hydrogen (secondary N) is 1. The normalized spacial score (nSPS) is 30.6. The molecule has 2 aliphatic rings. The van der Waals surface area contributed by atoms with Gasteiger partial charge in [-0.2, -0.15) is 0 Å². The standard InChI is InChI=1S/C15H21NO3S/c1-16-15-12-6-2-3-7-13(12)19-9-14(15)20(17)10-11-5-4-8-18-11/h2-3,6-7,11,14-16H,4-5,8-10H2,1H3. The molecule has 0 bridgehead atoms. The minimum Gasteiger partial charge on any atom is -0.492 e. The van der Waals surface area contributed by atoms with E-state index in [1.165, 1.54) is 0 Å². The average Bonchev–Trinajstić information content (AvgIpc) is 2.98. The van der Waals surface area contributed by atoms with E-state index in [2.05, 4.69) is 5.32 Å². The smallest absolute Gasteiger partial charge is 0.124 e. The Kier molecular flexibility index (Phi) is 4.38. The third-order valence-corrected chi connectivity index (χ3v) is 5.84. The van der Waals surface area contributed by atoms with Crippen LogP contribution in [0.3, 0.4) is 0 Å². The maximum atomic E-state index is 12.6. The molecule has 1 fully saturated rings. The molecule has 0 aliphatic carbocycles. The maximum absolute atomic E-state index is 12.6. The Morgan fingerprint density at radius 2 is 2.25 bits per heavy atom. The molecule has 3 rings (SSSR count). The van der Waals surface area contributed by atoms with Crippen LogP contribution in [0.25, 0.3) is 0 Å². The van der Waals surface area contributed by atoms with E-state index in [4.69, 9.17) is 9.47 Å². The second-order valence-electron chi connectivity index (χ2n) is 5.34. The summed E-state index contributed by atoms with van der Waals surface area (Å²) in [4.78, 5) is 0. The molecule has 0 saturated carbocycles. The molecule has 2 heterocycles. The lowest BCUT2D eigenvalue weighted by molar-refractivity contribution is 0.127. The van der Waals surface area contributed by atoms with Gasteiger partial charge in [-0.3, -0.25) is 4.21 Å². The highest BCUT2D eigenvalue weighted by atomic mass is 32.2. The molecule has 1 saturated heterocycles. The van der Waals surface area contributed by atoms with Crippen molar-refractivity contribution in [2.24, 2.45) is 0 Å². The average molecular weight is 295 g/mol. The first-order valence-electron chi connectivity index (χ1n) is 7.17. The van der Waals surface area contributed by atoms with Gasteiger partial charge in [-0.15, -0.1) is 0 Å². The van der Waals surface area contributed by atoms with E-state index < -0.39 is 10.8 Å². The van der Waals surface area contributed by atoms with Gasteiger partial charge in [0.15, 0.2) is 0 Å². The molecule has 1 N–H and O–H groups in total. The van der Waals surface area contributed by atoms with E-state index in [0.717, 1.165) is 30.8 Å². The summed E-state index contributed by atoms with van der Waals surface area (Å²) in [7, 11) is 0.974. The van der Waals surface area contributed by atoms with E-state index in [9.17, 15) is 4.21 Å². The minimum absolute atomic E-state index is 0.0147. The van der Waals surface area contributed by atoms with Gasteiger partial charge in [0, 0.05) is 23.0 Å². The maximum Gasteiger partial charge on any atom is 0.124 e. The summed E-state index contributed by atoms with van der Waals surface area (Å²) in [6.45, 7) is 1.31. The topological polar surface area (TPSA) is 47.6 Å². The number of rotatable bonds is 4. The molecule has 110 valence electrons. The van der Waals surface area contributed by atoms with Gasteiger partial charge in [0.25, 0.3) is 0 Å². The van der Waals surface area contributed by atoms with Crippen molar-refractivity contribution in [3.8, 4) is 5.75 Å². The number of hydrogen-bond acceptors (Lipinski definition) is 4. The van der Waals surface area contributed by atoms with Crippen LogP contribution in [0.2, 0.25) is 0 Å². The van der Waals surface area contributed by atoms with Crippen LogP contribution >= 0.6 is 0 Å². The van der Waals surface area contributed by atoms with Crippen molar-refractivity contribution in [2.75, 3.05) is 26.0 Å². The summed E-state index contributed by atoms with van der Waals surface area (Å²) in [6.07, 6.45) is 2.27. The molecule has 0 radical (unpaired) electrons. The Morgan fingerprint density at radius 3 is 3.00 bits per heavy atom. The molecule has 4 atom stereocenters. The molecule has 1 aromatic carbocycles. The number of ether oxygens (including phenoxy) is 2. The van der Waals surface area contributed by atoms with Crippen molar-refractivity contribution >= 4 is 10.8 Å². The summed E-state index contributed by atoms with van der Waals surface area (Å²) < 4.78 is 24.0. The van der Waals surface area contributed by atoms with Gasteiger partial charge in [-0.05, 0) is 26.0 Å². The molecular weight excluding hydrogens is 274 g/mol. The van der Waals surface area contributed by atoms with Gasteiger partial charge < -0.3 is 14.8 Å². The highest BCUT2D eigenvalue weighted by molar-refractivity contribution is 7.85. The van der Waals surface area contributed by atoms with Gasteiger partial charge >= 0.3 is 0 Å². The van der Waals surface area contributed by atoms with Gasteiger partial charge in [0.05, 0.1) is 23.1 Å². The first-order chi connectivity index (χ1) is 9.79. The summed E-state index contributed by atoms with van der Waals surface area (Å²) in [5, 5.41) is 3.29. The number of hydrogen-bond donors (Lipinski definition) is 1. The highest BCUT2D eigenvalue weighted by Gasteiger charge is 2.35. The second kappa shape index (κ2) is 6.24. The number of fused-ring (bicyclic) bond motifs is 1. The van der Waals surface area contributed by atoms with Gasteiger partial charge in [0.2, 0.25) is 0 Å². The van der Waals surface area contributed by atoms with Crippen LogP contribution in [0.4, 0.5) is 0 Å². The Balaban J connectivity index is 1.75. The Bertz CT molecular complexity index is 488. The summed E-state index contributed by atoms with van der Waals surface area (Å²) >= 11 is 0. The van der Waals surface area contributed by atoms with E-state index in [1.807, 2.05) is 31.3 Å². The van der Waals surface area contributed by atoms with E-state index in [0.29, 0.717) is 12.4 Å². The molecule has 1 aromatic rings. The molecule has 20 heavy (non-hydrogen) atoms. The number of benzene rings is 1. The lowest BCUT2D eigenvalue weighted by Gasteiger charge is -2.33. The Labute approximate surface area is 122 Å². The quantitative estimate of drug-likeness (QED) is 0.917. The highest BCUT2D eigenvalue weighted by Crippen LogP contribution is 2.34. The SMILES string of the molecule is CNC1c2ccccc2OCC1S(=O)CC1CCCO1. The van der Waals surface area contributed by atoms with Crippen LogP contribution in [0.5, 0.6) is 5.75 Å². The first-order valence-corrected chi connectivity index (χ1v) is 8.55. The van der Waals surface area contributed by atoms with Crippen LogP contribution in [-0.2, 0) is 15.5 Å². The number of para-hydroxylation sites is 1. The first kappa shape index (κ1) is 14.0. The van der Waals surface area contributed by atoms with Gasteiger partial charge in [-0.1, -0.05) is 18.2 Å². The van der Waals surface area contributed by atoms with Crippen LogP contribution in [0.15, 0.2) is 24.3 Å². The summed E-state index contributed by atoms with van der Waals surface area (Å²) in [6, 6.07) is 8.07. The fraction of sp³-hybridized carbons (Fsp3) is 0.600. The second-order valence-corrected chi connectivity index (χ2v) is 7.04. The molecule has 0 amide bonds. The van der Waals surface area contributed by atoms with Crippen molar-refractivity contribution in [1.29, 1.82) is 0 Å². The van der Waals surface area contributed by atoms with Gasteiger partial charge in [0.1, 0.15) is 12.4 Å². The summed E-state index contributed by atoms with van der Waals surface area (Å²) in [5.41, 5.74) is 1.10.